The fourth-order valence-corrected chi connectivity index (χ4v) is 3.53. The Morgan fingerprint density at radius 3 is 2.61 bits per heavy atom. The van der Waals surface area contributed by atoms with E-state index in [1.54, 1.807) is 6.07 Å². The van der Waals surface area contributed by atoms with E-state index in [9.17, 15) is 8.42 Å². The Balaban J connectivity index is 2.20. The van der Waals surface area contributed by atoms with Crippen LogP contribution < -0.4 is 10.5 Å². The van der Waals surface area contributed by atoms with Crippen molar-refractivity contribution in [3.8, 4) is 0 Å². The van der Waals surface area contributed by atoms with E-state index in [0.29, 0.717) is 12.0 Å². The topological polar surface area (TPSA) is 72.2 Å². The standard InChI is InChI=1S/C12H17BrN2O2S/c1-8-3-2-4-11(8)15-12-6-5-9(7-10(12)13)18(14,16)17/h5-8,11,15H,2-4H2,1H3,(H2,14,16,17). The fourth-order valence-electron chi connectivity index (χ4n) is 2.35. The van der Waals surface area contributed by atoms with Crippen molar-refractivity contribution >= 4 is 31.6 Å². The summed E-state index contributed by atoms with van der Waals surface area (Å²) in [5.41, 5.74) is 0.918. The molecular weight excluding hydrogens is 316 g/mol. The van der Waals surface area contributed by atoms with Crippen molar-refractivity contribution in [3.63, 3.8) is 0 Å². The van der Waals surface area contributed by atoms with Gasteiger partial charge in [-0.15, -0.1) is 0 Å². The minimum Gasteiger partial charge on any atom is -0.381 e. The predicted molar refractivity (Wildman–Crippen MR) is 75.9 cm³/mol. The third kappa shape index (κ3) is 3.05. The average Bonchev–Trinajstić information content (AvgIpc) is 2.66. The van der Waals surface area contributed by atoms with Crippen LogP contribution in [0, 0.1) is 5.92 Å². The molecule has 0 bridgehead atoms. The van der Waals surface area contributed by atoms with Gasteiger partial charge in [0.15, 0.2) is 0 Å². The fraction of sp³-hybridized carbons (Fsp3) is 0.500. The molecule has 100 valence electrons. The molecule has 3 N–H and O–H groups in total. The molecule has 2 unspecified atom stereocenters. The lowest BCUT2D eigenvalue weighted by Gasteiger charge is -2.19. The largest absolute Gasteiger partial charge is 0.381 e. The molecule has 2 atom stereocenters. The van der Waals surface area contributed by atoms with Crippen LogP contribution in [0.2, 0.25) is 0 Å². The minimum atomic E-state index is -3.64. The molecule has 0 aliphatic heterocycles. The van der Waals surface area contributed by atoms with Crippen molar-refractivity contribution in [2.75, 3.05) is 5.32 Å². The third-order valence-corrected chi connectivity index (χ3v) is 5.04. The van der Waals surface area contributed by atoms with Gasteiger partial charge in [0.25, 0.3) is 0 Å². The first-order valence-corrected chi connectivity index (χ1v) is 8.31. The third-order valence-electron chi connectivity index (χ3n) is 3.47. The van der Waals surface area contributed by atoms with Gasteiger partial charge in [0.2, 0.25) is 10.0 Å². The molecule has 2 rings (SSSR count). The molecule has 1 aromatic rings. The van der Waals surface area contributed by atoms with Crippen molar-refractivity contribution < 1.29 is 8.42 Å². The number of benzene rings is 1. The van der Waals surface area contributed by atoms with Crippen molar-refractivity contribution in [1.29, 1.82) is 0 Å². The highest BCUT2D eigenvalue weighted by Crippen LogP contribution is 2.31. The summed E-state index contributed by atoms with van der Waals surface area (Å²) in [7, 11) is -3.64. The normalized spacial score (nSPS) is 24.2. The summed E-state index contributed by atoms with van der Waals surface area (Å²) >= 11 is 3.38. The van der Waals surface area contributed by atoms with Crippen LogP contribution in [-0.4, -0.2) is 14.5 Å². The lowest BCUT2D eigenvalue weighted by Crippen LogP contribution is -2.22. The van der Waals surface area contributed by atoms with Gasteiger partial charge in [0.05, 0.1) is 4.90 Å². The van der Waals surface area contributed by atoms with Gasteiger partial charge in [-0.1, -0.05) is 13.3 Å². The second-order valence-electron chi connectivity index (χ2n) is 4.85. The first-order valence-electron chi connectivity index (χ1n) is 5.97. The number of rotatable bonds is 3. The summed E-state index contributed by atoms with van der Waals surface area (Å²) in [5, 5.41) is 8.55. The van der Waals surface area contributed by atoms with Crippen molar-refractivity contribution in [2.45, 2.75) is 37.1 Å². The van der Waals surface area contributed by atoms with Gasteiger partial charge in [-0.05, 0) is 52.9 Å². The summed E-state index contributed by atoms with van der Waals surface area (Å²) in [6.07, 6.45) is 3.64. The highest BCUT2D eigenvalue weighted by Gasteiger charge is 2.23. The zero-order valence-corrected chi connectivity index (χ0v) is 12.6. The van der Waals surface area contributed by atoms with Gasteiger partial charge in [-0.25, -0.2) is 13.6 Å². The zero-order valence-electron chi connectivity index (χ0n) is 10.2. The Bertz CT molecular complexity index is 545. The van der Waals surface area contributed by atoms with E-state index < -0.39 is 10.0 Å². The first-order chi connectivity index (χ1) is 8.38. The SMILES string of the molecule is CC1CCCC1Nc1ccc(S(N)(=O)=O)cc1Br. The minimum absolute atomic E-state index is 0.124. The molecule has 1 aliphatic rings. The average molecular weight is 333 g/mol. The van der Waals surface area contributed by atoms with Crippen molar-refractivity contribution in [1.82, 2.24) is 0 Å². The molecule has 4 nitrogen and oxygen atoms in total. The Morgan fingerprint density at radius 2 is 2.11 bits per heavy atom. The molecule has 0 heterocycles. The van der Waals surface area contributed by atoms with Gasteiger partial charge in [0, 0.05) is 16.2 Å². The predicted octanol–water partition coefficient (Wildman–Crippen LogP) is 2.70. The van der Waals surface area contributed by atoms with Crippen LogP contribution in [0.4, 0.5) is 5.69 Å². The quantitative estimate of drug-likeness (QED) is 0.893. The van der Waals surface area contributed by atoms with Gasteiger partial charge in [-0.3, -0.25) is 0 Å². The molecule has 0 amide bonds. The second kappa shape index (κ2) is 5.19. The van der Waals surface area contributed by atoms with Crippen LogP contribution in [0.1, 0.15) is 26.2 Å². The second-order valence-corrected chi connectivity index (χ2v) is 7.26. The van der Waals surface area contributed by atoms with Crippen LogP contribution in [0.5, 0.6) is 0 Å². The molecule has 18 heavy (non-hydrogen) atoms. The van der Waals surface area contributed by atoms with Gasteiger partial charge < -0.3 is 5.32 Å². The van der Waals surface area contributed by atoms with E-state index in [2.05, 4.69) is 28.2 Å². The van der Waals surface area contributed by atoms with E-state index >= 15 is 0 Å². The van der Waals surface area contributed by atoms with Gasteiger partial charge >= 0.3 is 0 Å². The van der Waals surface area contributed by atoms with Crippen LogP contribution in [0.3, 0.4) is 0 Å². The Labute approximate surface area is 116 Å². The van der Waals surface area contributed by atoms with Crippen LogP contribution >= 0.6 is 15.9 Å². The molecule has 1 saturated carbocycles. The summed E-state index contributed by atoms with van der Waals surface area (Å²) in [6, 6.07) is 5.29. The lowest BCUT2D eigenvalue weighted by atomic mass is 10.1. The smallest absolute Gasteiger partial charge is 0.238 e. The summed E-state index contributed by atoms with van der Waals surface area (Å²) in [6.45, 7) is 2.23. The van der Waals surface area contributed by atoms with Crippen LogP contribution in [0.25, 0.3) is 0 Å². The highest BCUT2D eigenvalue weighted by molar-refractivity contribution is 9.10. The van der Waals surface area contributed by atoms with Crippen LogP contribution in [-0.2, 0) is 10.0 Å². The maximum atomic E-state index is 11.2. The van der Waals surface area contributed by atoms with Crippen molar-refractivity contribution in [2.24, 2.45) is 11.1 Å². The van der Waals surface area contributed by atoms with Gasteiger partial charge in [0.1, 0.15) is 0 Å². The molecular formula is C12H17BrN2O2S. The van der Waals surface area contributed by atoms with Gasteiger partial charge in [-0.2, -0.15) is 0 Å². The Morgan fingerprint density at radius 1 is 1.39 bits per heavy atom. The number of anilines is 1. The summed E-state index contributed by atoms with van der Waals surface area (Å²) < 4.78 is 23.2. The monoisotopic (exact) mass is 332 g/mol. The molecule has 0 saturated heterocycles. The van der Waals surface area contributed by atoms with Crippen molar-refractivity contribution in [3.05, 3.63) is 22.7 Å². The van der Waals surface area contributed by atoms with Crippen LogP contribution in [0.15, 0.2) is 27.6 Å². The number of nitrogens with two attached hydrogens (primary N) is 1. The molecule has 0 radical (unpaired) electrons. The van der Waals surface area contributed by atoms with E-state index in [1.807, 2.05) is 0 Å². The number of halogens is 1. The molecule has 0 aromatic heterocycles. The maximum absolute atomic E-state index is 11.2. The first kappa shape index (κ1) is 13.8. The van der Waals surface area contributed by atoms with E-state index in [1.165, 1.54) is 25.0 Å². The molecule has 6 heteroatoms. The maximum Gasteiger partial charge on any atom is 0.238 e. The molecule has 0 spiro atoms. The molecule has 1 aromatic carbocycles. The van der Waals surface area contributed by atoms with E-state index in [-0.39, 0.29) is 4.90 Å². The number of nitrogens with one attached hydrogen (secondary N) is 1. The molecule has 1 fully saturated rings. The summed E-state index contributed by atoms with van der Waals surface area (Å²) in [5.74, 6) is 0.648. The number of primary sulfonamides is 1. The zero-order chi connectivity index (χ0) is 13.3. The Hall–Kier alpha value is -0.590. The lowest BCUT2D eigenvalue weighted by molar-refractivity contribution is 0.556. The van der Waals surface area contributed by atoms with E-state index in [0.717, 1.165) is 16.6 Å². The molecule has 1 aliphatic carbocycles. The highest BCUT2D eigenvalue weighted by atomic mass is 79.9. The Kier molecular flexibility index (Phi) is 3.99. The summed E-state index contributed by atoms with van der Waals surface area (Å²) in [4.78, 5) is 0.124. The number of hydrogen-bond donors (Lipinski definition) is 2. The number of sulfonamides is 1. The van der Waals surface area contributed by atoms with E-state index in [4.69, 9.17) is 5.14 Å². The number of hydrogen-bond acceptors (Lipinski definition) is 3.